The van der Waals surface area contributed by atoms with Crippen molar-refractivity contribution in [2.75, 3.05) is 0 Å². The molecular formula is C18H22O2. The molecule has 2 nitrogen and oxygen atoms in total. The third-order valence-corrected chi connectivity index (χ3v) is 5.51. The molecule has 20 heavy (non-hydrogen) atoms. The molecule has 0 aromatic heterocycles. The number of aryl methyl sites for hydroxylation is 1. The minimum absolute atomic E-state index is 0.0628. The summed E-state index contributed by atoms with van der Waals surface area (Å²) < 4.78 is 0. The van der Waals surface area contributed by atoms with Crippen molar-refractivity contribution in [3.63, 3.8) is 0 Å². The third-order valence-electron chi connectivity index (χ3n) is 5.51. The number of aromatic hydroxyl groups is 1. The van der Waals surface area contributed by atoms with Crippen LogP contribution in [0.3, 0.4) is 0 Å². The average molecular weight is 270 g/mol. The fraction of sp³-hybridized carbons (Fsp3) is 0.500. The van der Waals surface area contributed by atoms with E-state index in [1.807, 2.05) is 19.1 Å². The van der Waals surface area contributed by atoms with Crippen molar-refractivity contribution in [2.24, 2.45) is 11.3 Å². The number of benzene rings is 1. The zero-order chi connectivity index (χ0) is 14.7. The lowest BCUT2D eigenvalue weighted by atomic mass is 9.52. The van der Waals surface area contributed by atoms with E-state index in [2.05, 4.69) is 32.9 Å². The summed E-state index contributed by atoms with van der Waals surface area (Å²) in [6.07, 6.45) is 5.81. The number of rotatable bonds is 0. The molecule has 0 amide bonds. The number of carbonyl (C=O) groups is 1. The first-order valence-corrected chi connectivity index (χ1v) is 7.32. The Morgan fingerprint density at radius 1 is 1.25 bits per heavy atom. The fourth-order valence-corrected chi connectivity index (χ4v) is 4.13. The number of phenols is 1. The van der Waals surface area contributed by atoms with Crippen LogP contribution >= 0.6 is 0 Å². The summed E-state index contributed by atoms with van der Waals surface area (Å²) in [6, 6.07) is 3.96. The van der Waals surface area contributed by atoms with E-state index in [4.69, 9.17) is 0 Å². The maximum Gasteiger partial charge on any atom is 0.139 e. The third kappa shape index (κ3) is 1.60. The van der Waals surface area contributed by atoms with Crippen LogP contribution in [0.1, 0.15) is 50.3 Å². The molecule has 1 saturated carbocycles. The van der Waals surface area contributed by atoms with E-state index in [-0.39, 0.29) is 16.7 Å². The van der Waals surface area contributed by atoms with E-state index in [0.29, 0.717) is 18.0 Å². The molecule has 1 fully saturated rings. The maximum absolute atomic E-state index is 12.3. The van der Waals surface area contributed by atoms with Crippen LogP contribution in [0.25, 0.3) is 6.08 Å². The van der Waals surface area contributed by atoms with Crippen LogP contribution in [-0.2, 0) is 10.2 Å². The van der Waals surface area contributed by atoms with Gasteiger partial charge in [0.25, 0.3) is 0 Å². The zero-order valence-corrected chi connectivity index (χ0v) is 12.7. The van der Waals surface area contributed by atoms with E-state index in [0.717, 1.165) is 12.0 Å². The van der Waals surface area contributed by atoms with Gasteiger partial charge in [0.2, 0.25) is 0 Å². The summed E-state index contributed by atoms with van der Waals surface area (Å²) in [4.78, 5) is 12.3. The van der Waals surface area contributed by atoms with Gasteiger partial charge in [0.15, 0.2) is 0 Å². The van der Waals surface area contributed by atoms with Gasteiger partial charge >= 0.3 is 0 Å². The summed E-state index contributed by atoms with van der Waals surface area (Å²) in [5.41, 5.74) is 2.88. The lowest BCUT2D eigenvalue weighted by Gasteiger charge is -2.51. The van der Waals surface area contributed by atoms with Gasteiger partial charge in [0, 0.05) is 17.3 Å². The van der Waals surface area contributed by atoms with Crippen LogP contribution in [0.2, 0.25) is 0 Å². The van der Waals surface area contributed by atoms with Gasteiger partial charge in [-0.05, 0) is 48.1 Å². The van der Waals surface area contributed by atoms with E-state index in [1.165, 1.54) is 11.1 Å². The lowest BCUT2D eigenvalue weighted by Crippen LogP contribution is -2.50. The molecule has 1 aromatic rings. The Balaban J connectivity index is 2.21. The summed E-state index contributed by atoms with van der Waals surface area (Å²) in [5.74, 6) is 0.906. The Morgan fingerprint density at radius 3 is 2.65 bits per heavy atom. The largest absolute Gasteiger partial charge is 0.508 e. The van der Waals surface area contributed by atoms with Crippen molar-refractivity contribution in [3.05, 3.63) is 34.9 Å². The number of hydrogen-bond acceptors (Lipinski definition) is 2. The fourth-order valence-electron chi connectivity index (χ4n) is 4.13. The number of carbonyl (C=O) groups excluding carboxylic acids is 1. The molecule has 0 radical (unpaired) electrons. The highest BCUT2D eigenvalue weighted by atomic mass is 16.3. The van der Waals surface area contributed by atoms with Gasteiger partial charge < -0.3 is 5.11 Å². The molecular weight excluding hydrogens is 248 g/mol. The first-order chi connectivity index (χ1) is 9.26. The predicted molar refractivity (Wildman–Crippen MR) is 80.7 cm³/mol. The molecule has 1 aromatic carbocycles. The van der Waals surface area contributed by atoms with Crippen molar-refractivity contribution >= 4 is 11.9 Å². The number of phenolic OH excluding ortho intramolecular Hbond substituents is 1. The molecule has 0 saturated heterocycles. The second kappa shape index (κ2) is 3.97. The average Bonchev–Trinajstić information content (AvgIpc) is 2.37. The molecule has 2 heteroatoms. The highest BCUT2D eigenvalue weighted by molar-refractivity contribution is 5.87. The summed E-state index contributed by atoms with van der Waals surface area (Å²) in [7, 11) is 0. The molecule has 3 rings (SSSR count). The number of ketones is 1. The lowest BCUT2D eigenvalue weighted by molar-refractivity contribution is -0.134. The molecule has 2 atom stereocenters. The van der Waals surface area contributed by atoms with Gasteiger partial charge in [0.05, 0.1) is 0 Å². The normalized spacial score (nSPS) is 30.8. The first-order valence-electron chi connectivity index (χ1n) is 7.32. The van der Waals surface area contributed by atoms with Crippen LogP contribution in [0.5, 0.6) is 5.75 Å². The van der Waals surface area contributed by atoms with Crippen LogP contribution in [-0.4, -0.2) is 10.9 Å². The highest BCUT2D eigenvalue weighted by Gasteiger charge is 2.52. The molecule has 1 N–H and O–H groups in total. The Morgan fingerprint density at radius 2 is 1.95 bits per heavy atom. The molecule has 2 aliphatic rings. The molecule has 106 valence electrons. The molecule has 0 unspecified atom stereocenters. The Hall–Kier alpha value is -1.57. The molecule has 0 aliphatic heterocycles. The van der Waals surface area contributed by atoms with Gasteiger partial charge in [-0.1, -0.05) is 32.9 Å². The van der Waals surface area contributed by atoms with Gasteiger partial charge in [-0.15, -0.1) is 0 Å². The smallest absolute Gasteiger partial charge is 0.139 e. The first kappa shape index (κ1) is 13.4. The van der Waals surface area contributed by atoms with Crippen molar-refractivity contribution in [1.82, 2.24) is 0 Å². The molecule has 2 aliphatic carbocycles. The van der Waals surface area contributed by atoms with E-state index in [9.17, 15) is 9.90 Å². The summed E-state index contributed by atoms with van der Waals surface area (Å²) >= 11 is 0. The second-order valence-corrected chi connectivity index (χ2v) is 7.13. The predicted octanol–water partition coefficient (Wildman–Crippen LogP) is 3.99. The van der Waals surface area contributed by atoms with E-state index >= 15 is 0 Å². The molecule has 0 bridgehead atoms. The van der Waals surface area contributed by atoms with Crippen LogP contribution in [0, 0.1) is 18.3 Å². The van der Waals surface area contributed by atoms with Crippen molar-refractivity contribution < 1.29 is 9.90 Å². The number of allylic oxidation sites excluding steroid dienone is 1. The highest BCUT2D eigenvalue weighted by Crippen LogP contribution is 2.54. The molecule has 0 heterocycles. The maximum atomic E-state index is 12.3. The zero-order valence-electron chi connectivity index (χ0n) is 12.7. The Kier molecular flexibility index (Phi) is 2.66. The number of hydrogen-bond donors (Lipinski definition) is 1. The van der Waals surface area contributed by atoms with Crippen LogP contribution in [0.4, 0.5) is 0 Å². The quantitative estimate of drug-likeness (QED) is 0.774. The SMILES string of the molecule is Cc1cc2c(cc1O)[C@]1(C)CCC(=O)C(C)(C)[C@H]1C=C2. The van der Waals surface area contributed by atoms with Gasteiger partial charge in [-0.3, -0.25) is 4.79 Å². The van der Waals surface area contributed by atoms with Gasteiger partial charge in [-0.25, -0.2) is 0 Å². The van der Waals surface area contributed by atoms with Crippen LogP contribution < -0.4 is 0 Å². The standard InChI is InChI=1S/C18H22O2/c1-11-9-12-5-6-15-17(2,3)16(20)7-8-18(15,4)13(12)10-14(11)19/h5-6,9-10,15,19H,7-8H2,1-4H3/t15-,18+/m1/s1. The van der Waals surface area contributed by atoms with E-state index in [1.54, 1.807) is 0 Å². The topological polar surface area (TPSA) is 37.3 Å². The number of Topliss-reactive ketones (excluding diaryl/α,β-unsaturated/α-hetero) is 1. The monoisotopic (exact) mass is 270 g/mol. The minimum Gasteiger partial charge on any atom is -0.508 e. The van der Waals surface area contributed by atoms with Crippen molar-refractivity contribution in [2.45, 2.75) is 46.0 Å². The minimum atomic E-state index is -0.332. The van der Waals surface area contributed by atoms with Crippen molar-refractivity contribution in [1.29, 1.82) is 0 Å². The van der Waals surface area contributed by atoms with Crippen molar-refractivity contribution in [3.8, 4) is 5.75 Å². The van der Waals surface area contributed by atoms with Crippen LogP contribution in [0.15, 0.2) is 18.2 Å². The van der Waals surface area contributed by atoms with Gasteiger partial charge in [-0.2, -0.15) is 0 Å². The second-order valence-electron chi connectivity index (χ2n) is 7.13. The Labute approximate surface area is 120 Å². The van der Waals surface area contributed by atoms with E-state index < -0.39 is 0 Å². The summed E-state index contributed by atoms with van der Waals surface area (Å²) in [6.45, 7) is 8.27. The van der Waals surface area contributed by atoms with Gasteiger partial charge in [0.1, 0.15) is 11.5 Å². The number of fused-ring (bicyclic) bond motifs is 3. The summed E-state index contributed by atoms with van der Waals surface area (Å²) in [5, 5.41) is 10.1. The Bertz CT molecular complexity index is 625. The molecule has 0 spiro atoms.